The molecule has 0 fully saturated rings. The molecular formula is CH8O3Si2. The molecular weight excluding hydrogens is 116 g/mol. The Bertz CT molecular complexity index is 29.8. The maximum Gasteiger partial charge on any atom is 0.323 e. The molecule has 0 amide bonds. The van der Waals surface area contributed by atoms with Crippen molar-refractivity contribution in [2.24, 2.45) is 0 Å². The molecule has 5 heteroatoms. The average molecular weight is 124 g/mol. The van der Waals surface area contributed by atoms with Gasteiger partial charge in [-0.15, -0.1) is 0 Å². The topological polar surface area (TPSA) is 60.7 Å². The van der Waals surface area contributed by atoms with E-state index in [0.29, 0.717) is 0 Å². The van der Waals surface area contributed by atoms with E-state index in [1.54, 1.807) is 0 Å². The van der Waals surface area contributed by atoms with E-state index < -0.39 is 17.4 Å². The second-order valence-corrected chi connectivity index (χ2v) is 8.15. The zero-order valence-corrected chi connectivity index (χ0v) is 5.81. The van der Waals surface area contributed by atoms with E-state index in [-0.39, 0.29) is 0 Å². The molecule has 0 aliphatic carbocycles. The Kier molecular flexibility index (Phi) is 2.61. The van der Waals surface area contributed by atoms with Crippen molar-refractivity contribution >= 4 is 17.4 Å². The Hall–Kier alpha value is 0.314. The van der Waals surface area contributed by atoms with E-state index in [9.17, 15) is 0 Å². The van der Waals surface area contributed by atoms with Gasteiger partial charge in [0.2, 0.25) is 8.56 Å². The quantitative estimate of drug-likeness (QED) is 0.342. The van der Waals surface area contributed by atoms with E-state index >= 15 is 0 Å². The summed E-state index contributed by atoms with van der Waals surface area (Å²) in [6.45, 7) is 1.50. The second kappa shape index (κ2) is 2.48. The van der Waals surface area contributed by atoms with Crippen LogP contribution >= 0.6 is 0 Å². The molecule has 0 spiro atoms. The number of rotatable bonds is 1. The van der Waals surface area contributed by atoms with Gasteiger partial charge in [-0.2, -0.15) is 0 Å². The Morgan fingerprint density at radius 1 is 1.17 bits per heavy atom. The molecule has 0 heterocycles. The lowest BCUT2D eigenvalue weighted by atomic mass is 11.9. The first-order valence-corrected chi connectivity index (χ1v) is 7.06. The third-order valence-electron chi connectivity index (χ3n) is 0.431. The lowest BCUT2D eigenvalue weighted by Gasteiger charge is -1.96. The predicted octanol–water partition coefficient (Wildman–Crippen LogP) is -2.38. The normalized spacial score (nSPS) is 15.5. The van der Waals surface area contributed by atoms with Gasteiger partial charge in [0.05, 0.1) is 0 Å². The van der Waals surface area contributed by atoms with Crippen LogP contribution in [0.3, 0.4) is 0 Å². The molecule has 0 aromatic heterocycles. The number of hydrogen-bond acceptors (Lipinski definition) is 3. The summed E-state index contributed by atoms with van der Waals surface area (Å²) in [6, 6.07) is 0. The van der Waals surface area contributed by atoms with E-state index in [2.05, 4.69) is 0 Å². The summed E-state index contributed by atoms with van der Waals surface area (Å²) in [4.78, 5) is 24.6. The van der Waals surface area contributed by atoms with Crippen molar-refractivity contribution in [2.45, 2.75) is 6.55 Å². The lowest BCUT2D eigenvalue weighted by Crippen LogP contribution is -2.32. The Morgan fingerprint density at radius 2 is 1.33 bits per heavy atom. The van der Waals surface area contributed by atoms with Gasteiger partial charge in [0.1, 0.15) is 0 Å². The summed E-state index contributed by atoms with van der Waals surface area (Å²) in [5, 5.41) is 0. The van der Waals surface area contributed by atoms with Gasteiger partial charge in [-0.1, -0.05) is 0 Å². The third kappa shape index (κ3) is 2.55. The molecule has 0 saturated heterocycles. The zero-order valence-electron chi connectivity index (χ0n) is 3.50. The van der Waals surface area contributed by atoms with Crippen molar-refractivity contribution in [2.75, 3.05) is 0 Å². The summed E-state index contributed by atoms with van der Waals surface area (Å²) in [7, 11) is -4.54. The Balaban J connectivity index is 2.99. The van der Waals surface area contributed by atoms with Crippen molar-refractivity contribution in [3.8, 4) is 0 Å². The fourth-order valence-electron chi connectivity index (χ4n) is 0. The minimum atomic E-state index is -2.55. The van der Waals surface area contributed by atoms with Crippen molar-refractivity contribution < 1.29 is 14.4 Å². The van der Waals surface area contributed by atoms with Gasteiger partial charge in [-0.25, -0.2) is 0 Å². The van der Waals surface area contributed by atoms with Crippen LogP contribution in [0.25, 0.3) is 0 Å². The highest BCUT2D eigenvalue weighted by atomic mass is 29.2. The van der Waals surface area contributed by atoms with Gasteiger partial charge in [-0.3, -0.25) is 0 Å². The molecule has 1 unspecified atom stereocenters. The first kappa shape index (κ1) is 6.31. The first-order chi connectivity index (χ1) is 2.64. The highest BCUT2D eigenvalue weighted by molar-refractivity contribution is 7.11. The summed E-state index contributed by atoms with van der Waals surface area (Å²) in [5.74, 6) is 0. The fourth-order valence-corrected chi connectivity index (χ4v) is 0. The highest BCUT2D eigenvalue weighted by Crippen LogP contribution is 1.71. The molecule has 3 nitrogen and oxygen atoms in total. The van der Waals surface area contributed by atoms with Crippen LogP contribution in [-0.2, 0) is 0 Å². The Morgan fingerprint density at radius 3 is 1.33 bits per heavy atom. The fraction of sp³-hybridized carbons (Fsp3) is 1.00. The SMILES string of the molecule is C[SiH](O)[SiH](O)O. The van der Waals surface area contributed by atoms with Gasteiger partial charge in [0.25, 0.3) is 0 Å². The van der Waals surface area contributed by atoms with Gasteiger partial charge in [0, 0.05) is 0 Å². The molecule has 0 radical (unpaired) electrons. The van der Waals surface area contributed by atoms with Crippen LogP contribution in [0.1, 0.15) is 0 Å². The largest absolute Gasteiger partial charge is 0.432 e. The van der Waals surface area contributed by atoms with Crippen molar-refractivity contribution in [3.05, 3.63) is 0 Å². The van der Waals surface area contributed by atoms with E-state index in [4.69, 9.17) is 14.4 Å². The van der Waals surface area contributed by atoms with Gasteiger partial charge in [0.15, 0.2) is 0 Å². The minimum absolute atomic E-state index is 1.50. The maximum atomic E-state index is 8.33. The lowest BCUT2D eigenvalue weighted by molar-refractivity contribution is 0.418. The maximum absolute atomic E-state index is 8.33. The standard InChI is InChI=1S/CH8O3Si2/c1-5(2)6(3)4/h2-6H,1H3. The van der Waals surface area contributed by atoms with E-state index in [1.807, 2.05) is 0 Å². The van der Waals surface area contributed by atoms with Crippen molar-refractivity contribution in [1.82, 2.24) is 0 Å². The summed E-state index contributed by atoms with van der Waals surface area (Å²) < 4.78 is 0. The van der Waals surface area contributed by atoms with Gasteiger partial charge >= 0.3 is 8.80 Å². The number of hydrogen-bond donors (Lipinski definition) is 3. The van der Waals surface area contributed by atoms with Crippen LogP contribution in [-0.4, -0.2) is 31.7 Å². The highest BCUT2D eigenvalue weighted by Gasteiger charge is 2.10. The Labute approximate surface area is 39.2 Å². The smallest absolute Gasteiger partial charge is 0.323 e. The molecule has 1 atom stereocenters. The summed E-state index contributed by atoms with van der Waals surface area (Å²) >= 11 is 0. The zero-order chi connectivity index (χ0) is 5.15. The van der Waals surface area contributed by atoms with Crippen LogP contribution < -0.4 is 0 Å². The van der Waals surface area contributed by atoms with Crippen molar-refractivity contribution in [1.29, 1.82) is 0 Å². The molecule has 3 N–H and O–H groups in total. The van der Waals surface area contributed by atoms with E-state index in [0.717, 1.165) is 0 Å². The minimum Gasteiger partial charge on any atom is -0.432 e. The molecule has 6 heavy (non-hydrogen) atoms. The molecule has 0 rings (SSSR count). The monoisotopic (exact) mass is 124 g/mol. The van der Waals surface area contributed by atoms with Crippen molar-refractivity contribution in [3.63, 3.8) is 0 Å². The summed E-state index contributed by atoms with van der Waals surface area (Å²) in [5.41, 5.74) is 0. The van der Waals surface area contributed by atoms with Crippen LogP contribution in [0.4, 0.5) is 0 Å². The average Bonchev–Trinajstić information content (AvgIpc) is 1.36. The molecule has 0 saturated carbocycles. The van der Waals surface area contributed by atoms with E-state index in [1.165, 1.54) is 6.55 Å². The summed E-state index contributed by atoms with van der Waals surface area (Å²) in [6.07, 6.45) is 0. The molecule has 0 aromatic rings. The van der Waals surface area contributed by atoms with Crippen LogP contribution in [0.15, 0.2) is 0 Å². The predicted molar refractivity (Wildman–Crippen MR) is 26.8 cm³/mol. The van der Waals surface area contributed by atoms with Gasteiger partial charge in [-0.05, 0) is 6.55 Å². The molecule has 0 aromatic carbocycles. The van der Waals surface area contributed by atoms with Crippen LogP contribution in [0.2, 0.25) is 6.55 Å². The first-order valence-electron chi connectivity index (χ1n) is 1.69. The van der Waals surface area contributed by atoms with Gasteiger partial charge < -0.3 is 14.4 Å². The molecule has 38 valence electrons. The second-order valence-electron chi connectivity index (χ2n) is 1.15. The third-order valence-corrected chi connectivity index (χ3v) is 3.88. The molecule has 0 bridgehead atoms. The molecule has 0 aliphatic heterocycles. The molecule has 0 aliphatic rings. The van der Waals surface area contributed by atoms with Crippen LogP contribution in [0.5, 0.6) is 0 Å². The van der Waals surface area contributed by atoms with Crippen LogP contribution in [0, 0.1) is 0 Å².